The molecule has 1 heterocycles. The minimum absolute atomic E-state index is 0.0215. The molecule has 0 aliphatic carbocycles. The summed E-state index contributed by atoms with van der Waals surface area (Å²) in [7, 11) is 1.56. The van der Waals surface area contributed by atoms with Crippen molar-refractivity contribution in [3.63, 3.8) is 0 Å². The quantitative estimate of drug-likeness (QED) is 0.636. The van der Waals surface area contributed by atoms with E-state index in [0.29, 0.717) is 17.4 Å². The van der Waals surface area contributed by atoms with E-state index in [-0.39, 0.29) is 12.6 Å². The zero-order valence-electron chi connectivity index (χ0n) is 14.3. The second-order valence-corrected chi connectivity index (χ2v) is 6.04. The summed E-state index contributed by atoms with van der Waals surface area (Å²) in [5.74, 6) is 1.11. The van der Waals surface area contributed by atoms with Gasteiger partial charge < -0.3 is 13.9 Å². The van der Waals surface area contributed by atoms with Crippen molar-refractivity contribution < 1.29 is 18.7 Å². The second kappa shape index (κ2) is 8.39. The molecular weight excluding hydrogens is 354 g/mol. The van der Waals surface area contributed by atoms with Gasteiger partial charge in [-0.3, -0.25) is 10.1 Å². The fourth-order valence-electron chi connectivity index (χ4n) is 2.12. The first-order valence-electron chi connectivity index (χ1n) is 7.72. The number of ether oxygens (including phenoxy) is 2. The van der Waals surface area contributed by atoms with Crippen LogP contribution in [0, 0.1) is 0 Å². The minimum atomic E-state index is -0.402. The van der Waals surface area contributed by atoms with E-state index in [2.05, 4.69) is 15.5 Å². The highest BCUT2D eigenvalue weighted by Gasteiger charge is 2.12. The summed E-state index contributed by atoms with van der Waals surface area (Å²) in [6.45, 7) is -0.187. The van der Waals surface area contributed by atoms with Crippen LogP contribution in [-0.4, -0.2) is 36.1 Å². The van der Waals surface area contributed by atoms with Crippen molar-refractivity contribution >= 4 is 23.7 Å². The highest BCUT2D eigenvalue weighted by molar-refractivity contribution is 7.98. The average Bonchev–Trinajstić information content (AvgIpc) is 3.15. The average molecular weight is 371 g/mol. The number of hydrogen-bond donors (Lipinski definition) is 1. The van der Waals surface area contributed by atoms with Gasteiger partial charge in [0.05, 0.1) is 7.11 Å². The molecule has 8 heteroatoms. The number of carbonyl (C=O) groups is 1. The molecule has 0 saturated carbocycles. The third kappa shape index (κ3) is 4.54. The van der Waals surface area contributed by atoms with Crippen molar-refractivity contribution in [1.29, 1.82) is 0 Å². The molecule has 26 heavy (non-hydrogen) atoms. The van der Waals surface area contributed by atoms with Crippen LogP contribution in [0.2, 0.25) is 0 Å². The summed E-state index contributed by atoms with van der Waals surface area (Å²) in [6.07, 6.45) is 2.00. The van der Waals surface area contributed by atoms with E-state index in [1.165, 1.54) is 0 Å². The molecule has 0 aliphatic rings. The molecule has 2 aromatic carbocycles. The number of rotatable bonds is 7. The Labute approximate surface area is 154 Å². The number of nitrogens with zero attached hydrogens (tertiary/aromatic N) is 2. The number of benzene rings is 2. The number of amides is 1. The normalized spacial score (nSPS) is 10.4. The fraction of sp³-hybridized carbons (Fsp3) is 0.167. The lowest BCUT2D eigenvalue weighted by Crippen LogP contribution is -2.20. The van der Waals surface area contributed by atoms with Crippen molar-refractivity contribution in [2.45, 2.75) is 4.90 Å². The summed E-state index contributed by atoms with van der Waals surface area (Å²) in [5, 5.41) is 10.3. The number of aromatic nitrogens is 2. The van der Waals surface area contributed by atoms with Gasteiger partial charge in [0.1, 0.15) is 11.5 Å². The monoisotopic (exact) mass is 371 g/mol. The zero-order chi connectivity index (χ0) is 18.4. The smallest absolute Gasteiger partial charge is 0.322 e. The first kappa shape index (κ1) is 17.8. The molecule has 0 bridgehead atoms. The summed E-state index contributed by atoms with van der Waals surface area (Å²) in [6, 6.07) is 14.7. The summed E-state index contributed by atoms with van der Waals surface area (Å²) >= 11 is 1.65. The van der Waals surface area contributed by atoms with Gasteiger partial charge in [0.2, 0.25) is 5.89 Å². The van der Waals surface area contributed by atoms with Gasteiger partial charge in [-0.2, -0.15) is 0 Å². The zero-order valence-corrected chi connectivity index (χ0v) is 15.1. The van der Waals surface area contributed by atoms with Gasteiger partial charge in [0.25, 0.3) is 5.91 Å². The topological polar surface area (TPSA) is 86.5 Å². The number of methoxy groups -OCH3 is 1. The highest BCUT2D eigenvalue weighted by Crippen LogP contribution is 2.23. The summed E-state index contributed by atoms with van der Waals surface area (Å²) in [5.41, 5.74) is 0.781. The number of nitrogens with one attached hydrogen (secondary N) is 1. The van der Waals surface area contributed by atoms with Crippen LogP contribution in [0.4, 0.5) is 6.01 Å². The van der Waals surface area contributed by atoms with Crippen molar-refractivity contribution in [3.8, 4) is 23.0 Å². The molecular formula is C18H17N3O4S. The number of hydrogen-bond acceptors (Lipinski definition) is 7. The molecule has 0 radical (unpaired) electrons. The van der Waals surface area contributed by atoms with Gasteiger partial charge in [-0.25, -0.2) is 0 Å². The molecule has 1 aromatic heterocycles. The Hall–Kier alpha value is -3.00. The van der Waals surface area contributed by atoms with Gasteiger partial charge in [-0.15, -0.1) is 16.9 Å². The Balaban J connectivity index is 1.56. The van der Waals surface area contributed by atoms with Crippen molar-refractivity contribution in [2.75, 3.05) is 25.3 Å². The Morgan fingerprint density at radius 2 is 1.92 bits per heavy atom. The van der Waals surface area contributed by atoms with Crippen LogP contribution in [-0.2, 0) is 4.79 Å². The van der Waals surface area contributed by atoms with E-state index in [1.54, 1.807) is 43.1 Å². The second-order valence-electron chi connectivity index (χ2n) is 5.16. The molecule has 0 fully saturated rings. The molecule has 3 aromatic rings. The van der Waals surface area contributed by atoms with E-state index in [0.717, 1.165) is 10.5 Å². The molecule has 7 nitrogen and oxygen atoms in total. The SMILES string of the molecule is COc1cccc(OCC(=O)Nc2nnc(-c3ccc(SC)cc3)o2)c1. The van der Waals surface area contributed by atoms with Gasteiger partial charge in [-0.1, -0.05) is 11.2 Å². The maximum atomic E-state index is 12.0. The van der Waals surface area contributed by atoms with Crippen LogP contribution in [0.3, 0.4) is 0 Å². The van der Waals surface area contributed by atoms with E-state index in [9.17, 15) is 4.79 Å². The molecule has 1 amide bonds. The first-order valence-corrected chi connectivity index (χ1v) is 8.95. The van der Waals surface area contributed by atoms with E-state index in [4.69, 9.17) is 13.9 Å². The maximum absolute atomic E-state index is 12.0. The van der Waals surface area contributed by atoms with Crippen LogP contribution in [0.15, 0.2) is 57.8 Å². The van der Waals surface area contributed by atoms with Gasteiger partial charge >= 0.3 is 6.01 Å². The molecule has 0 aliphatic heterocycles. The van der Waals surface area contributed by atoms with E-state index >= 15 is 0 Å². The Morgan fingerprint density at radius 1 is 1.15 bits per heavy atom. The van der Waals surface area contributed by atoms with E-state index in [1.807, 2.05) is 30.5 Å². The third-order valence-electron chi connectivity index (χ3n) is 3.42. The lowest BCUT2D eigenvalue weighted by molar-refractivity contribution is -0.118. The molecule has 0 spiro atoms. The summed E-state index contributed by atoms with van der Waals surface area (Å²) in [4.78, 5) is 13.1. The first-order chi connectivity index (χ1) is 12.7. The van der Waals surface area contributed by atoms with Crippen molar-refractivity contribution in [2.24, 2.45) is 0 Å². The number of carbonyl (C=O) groups excluding carboxylic acids is 1. The standard InChI is InChI=1S/C18H17N3O4S/c1-23-13-4-3-5-14(10-13)24-11-16(22)19-18-21-20-17(25-18)12-6-8-15(26-2)9-7-12/h3-10H,11H2,1-2H3,(H,19,21,22). The molecule has 1 N–H and O–H groups in total. The van der Waals surface area contributed by atoms with Crippen LogP contribution in [0.1, 0.15) is 0 Å². The number of anilines is 1. The predicted octanol–water partition coefficient (Wildman–Crippen LogP) is 3.48. The maximum Gasteiger partial charge on any atom is 0.322 e. The molecule has 0 atom stereocenters. The highest BCUT2D eigenvalue weighted by atomic mass is 32.2. The Bertz CT molecular complexity index is 880. The lowest BCUT2D eigenvalue weighted by Gasteiger charge is -2.06. The van der Waals surface area contributed by atoms with Crippen LogP contribution >= 0.6 is 11.8 Å². The third-order valence-corrected chi connectivity index (χ3v) is 4.16. The summed E-state index contributed by atoms with van der Waals surface area (Å²) < 4.78 is 16.0. The minimum Gasteiger partial charge on any atom is -0.497 e. The Kier molecular flexibility index (Phi) is 5.75. The largest absolute Gasteiger partial charge is 0.497 e. The fourth-order valence-corrected chi connectivity index (χ4v) is 2.53. The van der Waals surface area contributed by atoms with Gasteiger partial charge in [0.15, 0.2) is 6.61 Å². The van der Waals surface area contributed by atoms with Crippen LogP contribution < -0.4 is 14.8 Å². The van der Waals surface area contributed by atoms with Gasteiger partial charge in [-0.05, 0) is 42.7 Å². The van der Waals surface area contributed by atoms with Crippen molar-refractivity contribution in [1.82, 2.24) is 10.2 Å². The van der Waals surface area contributed by atoms with Crippen molar-refractivity contribution in [3.05, 3.63) is 48.5 Å². The Morgan fingerprint density at radius 3 is 2.65 bits per heavy atom. The molecule has 134 valence electrons. The lowest BCUT2D eigenvalue weighted by atomic mass is 10.2. The molecule has 0 saturated heterocycles. The van der Waals surface area contributed by atoms with E-state index < -0.39 is 5.91 Å². The van der Waals surface area contributed by atoms with Gasteiger partial charge in [0, 0.05) is 16.5 Å². The number of thioether (sulfide) groups is 1. The molecule has 3 rings (SSSR count). The van der Waals surface area contributed by atoms with Crippen LogP contribution in [0.25, 0.3) is 11.5 Å². The predicted molar refractivity (Wildman–Crippen MR) is 98.6 cm³/mol. The van der Waals surface area contributed by atoms with Crippen LogP contribution in [0.5, 0.6) is 11.5 Å². The molecule has 0 unspecified atom stereocenters.